The molecular formula is C14H17N5OS2. The van der Waals surface area contributed by atoms with E-state index in [0.29, 0.717) is 0 Å². The van der Waals surface area contributed by atoms with Crippen LogP contribution < -0.4 is 15.5 Å². The molecule has 1 aliphatic rings. The molecule has 1 aromatic carbocycles. The first-order chi connectivity index (χ1) is 10.7. The number of amides is 1. The molecule has 0 atom stereocenters. The van der Waals surface area contributed by atoms with Crippen molar-refractivity contribution in [2.45, 2.75) is 4.34 Å². The summed E-state index contributed by atoms with van der Waals surface area (Å²) in [6, 6.07) is 10.4. The summed E-state index contributed by atoms with van der Waals surface area (Å²) in [7, 11) is 0. The van der Waals surface area contributed by atoms with E-state index in [1.54, 1.807) is 0 Å². The van der Waals surface area contributed by atoms with Gasteiger partial charge in [-0.05, 0) is 12.1 Å². The van der Waals surface area contributed by atoms with Gasteiger partial charge in [-0.3, -0.25) is 4.79 Å². The van der Waals surface area contributed by atoms with Crippen molar-refractivity contribution in [3.63, 3.8) is 0 Å². The molecule has 22 heavy (non-hydrogen) atoms. The Labute approximate surface area is 137 Å². The second kappa shape index (κ2) is 6.97. The topological polar surface area (TPSA) is 75.3 Å². The molecule has 0 radical (unpaired) electrons. The highest BCUT2D eigenvalue weighted by Crippen LogP contribution is 2.28. The Hall–Kier alpha value is -1.80. The van der Waals surface area contributed by atoms with Gasteiger partial charge in [0.1, 0.15) is 0 Å². The predicted octanol–water partition coefficient (Wildman–Crippen LogP) is 1.44. The number of nitrogens with two attached hydrogens (primary N) is 1. The second-order valence-corrected chi connectivity index (χ2v) is 7.09. The Morgan fingerprint density at radius 3 is 2.50 bits per heavy atom. The van der Waals surface area contributed by atoms with Crippen molar-refractivity contribution in [2.24, 2.45) is 5.73 Å². The first-order valence-corrected chi connectivity index (χ1v) is 8.82. The quantitative estimate of drug-likeness (QED) is 0.834. The van der Waals surface area contributed by atoms with Crippen LogP contribution in [0.1, 0.15) is 0 Å². The van der Waals surface area contributed by atoms with Gasteiger partial charge in [0.2, 0.25) is 11.0 Å². The van der Waals surface area contributed by atoms with Crippen molar-refractivity contribution in [2.75, 3.05) is 41.7 Å². The molecule has 116 valence electrons. The number of thioether (sulfide) groups is 1. The number of benzene rings is 1. The Morgan fingerprint density at radius 2 is 1.82 bits per heavy atom. The maximum absolute atomic E-state index is 10.8. The molecule has 0 bridgehead atoms. The van der Waals surface area contributed by atoms with E-state index in [9.17, 15) is 4.79 Å². The largest absolute Gasteiger partial charge is 0.369 e. The number of hydrogen-bond donors (Lipinski definition) is 1. The molecule has 1 amide bonds. The van der Waals surface area contributed by atoms with Gasteiger partial charge in [-0.2, -0.15) is 0 Å². The molecule has 0 aliphatic carbocycles. The van der Waals surface area contributed by atoms with Gasteiger partial charge < -0.3 is 15.5 Å². The number of carbonyl (C=O) groups excluding carboxylic acids is 1. The molecule has 1 saturated heterocycles. The zero-order chi connectivity index (χ0) is 15.4. The summed E-state index contributed by atoms with van der Waals surface area (Å²) in [5.74, 6) is -0.0885. The molecule has 8 heteroatoms. The van der Waals surface area contributed by atoms with Crippen molar-refractivity contribution in [3.05, 3.63) is 30.3 Å². The van der Waals surface area contributed by atoms with Crippen LogP contribution >= 0.6 is 23.1 Å². The average Bonchev–Trinajstić information content (AvgIpc) is 3.03. The lowest BCUT2D eigenvalue weighted by Crippen LogP contribution is -2.46. The van der Waals surface area contributed by atoms with E-state index in [1.807, 2.05) is 6.07 Å². The van der Waals surface area contributed by atoms with E-state index in [2.05, 4.69) is 44.3 Å². The van der Waals surface area contributed by atoms with Crippen LogP contribution in [-0.4, -0.2) is 48.0 Å². The van der Waals surface area contributed by atoms with Gasteiger partial charge >= 0.3 is 0 Å². The minimum absolute atomic E-state index is 0.246. The van der Waals surface area contributed by atoms with Gasteiger partial charge in [-0.25, -0.2) is 0 Å². The number of hydrogen-bond acceptors (Lipinski definition) is 7. The number of anilines is 2. The van der Waals surface area contributed by atoms with E-state index < -0.39 is 0 Å². The highest BCUT2D eigenvalue weighted by atomic mass is 32.2. The van der Waals surface area contributed by atoms with Crippen LogP contribution in [-0.2, 0) is 4.79 Å². The minimum atomic E-state index is -0.335. The van der Waals surface area contributed by atoms with Gasteiger partial charge in [0, 0.05) is 31.9 Å². The molecule has 0 unspecified atom stereocenters. The lowest BCUT2D eigenvalue weighted by Gasteiger charge is -2.35. The van der Waals surface area contributed by atoms with E-state index in [1.165, 1.54) is 28.8 Å². The monoisotopic (exact) mass is 335 g/mol. The number of carbonyl (C=O) groups is 1. The van der Waals surface area contributed by atoms with Gasteiger partial charge in [0.15, 0.2) is 4.34 Å². The Balaban J connectivity index is 1.56. The predicted molar refractivity (Wildman–Crippen MR) is 90.7 cm³/mol. The lowest BCUT2D eigenvalue weighted by molar-refractivity contribution is -0.115. The molecular weight excluding hydrogens is 318 g/mol. The molecule has 2 heterocycles. The fourth-order valence-corrected chi connectivity index (χ4v) is 3.95. The van der Waals surface area contributed by atoms with Crippen LogP contribution in [0.5, 0.6) is 0 Å². The fourth-order valence-electron chi connectivity index (χ4n) is 2.32. The van der Waals surface area contributed by atoms with Crippen LogP contribution in [0.25, 0.3) is 0 Å². The molecule has 1 fully saturated rings. The third-order valence-corrected chi connectivity index (χ3v) is 5.54. The van der Waals surface area contributed by atoms with E-state index in [0.717, 1.165) is 35.7 Å². The van der Waals surface area contributed by atoms with Crippen LogP contribution in [0.4, 0.5) is 10.8 Å². The number of primary amides is 1. The molecule has 2 aromatic rings. The van der Waals surface area contributed by atoms with Gasteiger partial charge in [0.25, 0.3) is 0 Å². The summed E-state index contributed by atoms with van der Waals surface area (Å²) in [4.78, 5) is 15.4. The smallest absolute Gasteiger partial charge is 0.227 e. The van der Waals surface area contributed by atoms with Crippen LogP contribution in [0.2, 0.25) is 0 Å². The number of piperazine rings is 1. The lowest BCUT2D eigenvalue weighted by atomic mass is 10.2. The molecule has 6 nitrogen and oxygen atoms in total. The molecule has 3 rings (SSSR count). The first-order valence-electron chi connectivity index (χ1n) is 7.02. The highest BCUT2D eigenvalue weighted by Gasteiger charge is 2.20. The number of rotatable bonds is 5. The Bertz CT molecular complexity index is 625. The van der Waals surface area contributed by atoms with Gasteiger partial charge in [-0.1, -0.05) is 41.3 Å². The number of aromatic nitrogens is 2. The molecule has 2 N–H and O–H groups in total. The summed E-state index contributed by atoms with van der Waals surface area (Å²) in [5, 5.41) is 9.24. The summed E-state index contributed by atoms with van der Waals surface area (Å²) in [5.41, 5.74) is 6.40. The van der Waals surface area contributed by atoms with Crippen molar-refractivity contribution >= 4 is 39.8 Å². The Morgan fingerprint density at radius 1 is 1.14 bits per heavy atom. The third-order valence-electron chi connectivity index (χ3n) is 3.41. The summed E-state index contributed by atoms with van der Waals surface area (Å²) in [6.07, 6.45) is 0. The number of nitrogens with zero attached hydrogens (tertiary/aromatic N) is 4. The zero-order valence-electron chi connectivity index (χ0n) is 12.0. The zero-order valence-corrected chi connectivity index (χ0v) is 13.6. The highest BCUT2D eigenvalue weighted by molar-refractivity contribution is 8.01. The molecule has 1 aliphatic heterocycles. The standard InChI is InChI=1S/C14H17N5OS2/c15-12(20)10-21-14-17-16-13(22-14)19-8-6-18(7-9-19)11-4-2-1-3-5-11/h1-5H,6-10H2,(H2,15,20). The van der Waals surface area contributed by atoms with Gasteiger partial charge in [0.05, 0.1) is 5.75 Å². The summed E-state index contributed by atoms with van der Waals surface area (Å²) >= 11 is 2.86. The number of para-hydroxylation sites is 1. The third kappa shape index (κ3) is 3.69. The van der Waals surface area contributed by atoms with Crippen molar-refractivity contribution < 1.29 is 4.79 Å². The maximum Gasteiger partial charge on any atom is 0.227 e. The van der Waals surface area contributed by atoms with Crippen LogP contribution in [0.15, 0.2) is 34.7 Å². The molecule has 1 aromatic heterocycles. The van der Waals surface area contributed by atoms with Crippen molar-refractivity contribution in [3.8, 4) is 0 Å². The molecule has 0 spiro atoms. The second-order valence-electron chi connectivity index (χ2n) is 4.92. The Kier molecular flexibility index (Phi) is 4.79. The average molecular weight is 335 g/mol. The van der Waals surface area contributed by atoms with Crippen LogP contribution in [0, 0.1) is 0 Å². The normalized spacial score (nSPS) is 15.1. The minimum Gasteiger partial charge on any atom is -0.369 e. The van der Waals surface area contributed by atoms with E-state index in [-0.39, 0.29) is 11.7 Å². The van der Waals surface area contributed by atoms with E-state index in [4.69, 9.17) is 5.73 Å². The summed E-state index contributed by atoms with van der Waals surface area (Å²) < 4.78 is 0.791. The summed E-state index contributed by atoms with van der Waals surface area (Å²) in [6.45, 7) is 3.77. The van der Waals surface area contributed by atoms with Crippen molar-refractivity contribution in [1.82, 2.24) is 10.2 Å². The van der Waals surface area contributed by atoms with Gasteiger partial charge in [-0.15, -0.1) is 10.2 Å². The van der Waals surface area contributed by atoms with Crippen LogP contribution in [0.3, 0.4) is 0 Å². The maximum atomic E-state index is 10.8. The van der Waals surface area contributed by atoms with Crippen molar-refractivity contribution in [1.29, 1.82) is 0 Å². The first kappa shape index (κ1) is 15.1. The molecule has 0 saturated carbocycles. The fraction of sp³-hybridized carbons (Fsp3) is 0.357. The SMILES string of the molecule is NC(=O)CSc1nnc(N2CCN(c3ccccc3)CC2)s1. The van der Waals surface area contributed by atoms with E-state index >= 15 is 0 Å².